The van der Waals surface area contributed by atoms with Gasteiger partial charge in [0.25, 0.3) is 0 Å². The molecule has 3 aromatic rings. The smallest absolute Gasteiger partial charge is 0.147 e. The third kappa shape index (κ3) is 2.00. The minimum atomic E-state index is -0.188. The molecule has 0 aliphatic heterocycles. The van der Waals surface area contributed by atoms with Crippen LogP contribution in [0.4, 0.5) is 4.39 Å². The van der Waals surface area contributed by atoms with Crippen molar-refractivity contribution in [3.05, 3.63) is 71.1 Å². The van der Waals surface area contributed by atoms with E-state index in [2.05, 4.69) is 0 Å². The van der Waals surface area contributed by atoms with E-state index in [1.807, 2.05) is 47.2 Å². The standard InChI is InChI=1S/C15H11ClFN/c16-13-6-4-11(5-7-13)10-18-9-8-12-2-1-3-14(17)15(12)18/h1-9H,10H2. The number of hydrogen-bond donors (Lipinski definition) is 0. The first-order chi connectivity index (χ1) is 8.74. The van der Waals surface area contributed by atoms with Gasteiger partial charge in [-0.15, -0.1) is 0 Å². The predicted octanol–water partition coefficient (Wildman–Crippen LogP) is 4.48. The maximum Gasteiger partial charge on any atom is 0.147 e. The number of fused-ring (bicyclic) bond motifs is 1. The van der Waals surface area contributed by atoms with Crippen LogP contribution in [0, 0.1) is 5.82 Å². The van der Waals surface area contributed by atoms with Gasteiger partial charge >= 0.3 is 0 Å². The zero-order chi connectivity index (χ0) is 12.5. The fourth-order valence-corrected chi connectivity index (χ4v) is 2.26. The molecule has 0 radical (unpaired) electrons. The van der Waals surface area contributed by atoms with Crippen molar-refractivity contribution in [2.75, 3.05) is 0 Å². The highest BCUT2D eigenvalue weighted by molar-refractivity contribution is 6.30. The van der Waals surface area contributed by atoms with Gasteiger partial charge in [0.05, 0.1) is 5.52 Å². The van der Waals surface area contributed by atoms with Crippen molar-refractivity contribution in [1.29, 1.82) is 0 Å². The van der Waals surface area contributed by atoms with E-state index < -0.39 is 0 Å². The van der Waals surface area contributed by atoms with E-state index in [0.29, 0.717) is 17.1 Å². The number of rotatable bonds is 2. The molecular formula is C15H11ClFN. The van der Waals surface area contributed by atoms with E-state index in [1.165, 1.54) is 6.07 Å². The van der Waals surface area contributed by atoms with Crippen LogP contribution in [0.2, 0.25) is 5.02 Å². The van der Waals surface area contributed by atoms with E-state index in [1.54, 1.807) is 6.07 Å². The second-order valence-electron chi connectivity index (χ2n) is 4.25. The summed E-state index contributed by atoms with van der Waals surface area (Å²) in [4.78, 5) is 0. The minimum absolute atomic E-state index is 0.188. The molecule has 0 aliphatic rings. The Hall–Kier alpha value is -1.80. The first-order valence-corrected chi connectivity index (χ1v) is 6.09. The fourth-order valence-electron chi connectivity index (χ4n) is 2.13. The molecule has 1 nitrogen and oxygen atoms in total. The molecule has 1 aromatic heterocycles. The average Bonchev–Trinajstić information content (AvgIpc) is 2.77. The molecule has 0 saturated carbocycles. The first-order valence-electron chi connectivity index (χ1n) is 5.72. The third-order valence-corrected chi connectivity index (χ3v) is 3.26. The molecule has 0 amide bonds. The quantitative estimate of drug-likeness (QED) is 0.639. The Morgan fingerprint density at radius 3 is 2.56 bits per heavy atom. The monoisotopic (exact) mass is 259 g/mol. The minimum Gasteiger partial charge on any atom is -0.341 e. The average molecular weight is 260 g/mol. The lowest BCUT2D eigenvalue weighted by Gasteiger charge is -2.06. The van der Waals surface area contributed by atoms with Crippen molar-refractivity contribution in [2.45, 2.75) is 6.54 Å². The summed E-state index contributed by atoms with van der Waals surface area (Å²) in [6.07, 6.45) is 1.91. The molecule has 0 spiro atoms. The van der Waals surface area contributed by atoms with Gasteiger partial charge in [-0.05, 0) is 29.8 Å². The second-order valence-corrected chi connectivity index (χ2v) is 4.68. The Balaban J connectivity index is 2.02. The van der Waals surface area contributed by atoms with E-state index in [-0.39, 0.29) is 5.82 Å². The zero-order valence-corrected chi connectivity index (χ0v) is 10.4. The van der Waals surface area contributed by atoms with E-state index in [0.717, 1.165) is 10.9 Å². The van der Waals surface area contributed by atoms with Gasteiger partial charge in [-0.2, -0.15) is 0 Å². The molecule has 1 heterocycles. The largest absolute Gasteiger partial charge is 0.341 e. The van der Waals surface area contributed by atoms with Crippen LogP contribution in [0.1, 0.15) is 5.56 Å². The van der Waals surface area contributed by atoms with Crippen LogP contribution in [0.3, 0.4) is 0 Å². The van der Waals surface area contributed by atoms with E-state index >= 15 is 0 Å². The molecule has 18 heavy (non-hydrogen) atoms. The topological polar surface area (TPSA) is 4.93 Å². The number of nitrogens with zero attached hydrogens (tertiary/aromatic N) is 1. The normalized spacial score (nSPS) is 11.0. The summed E-state index contributed by atoms with van der Waals surface area (Å²) < 4.78 is 15.7. The van der Waals surface area contributed by atoms with Gasteiger partial charge in [-0.25, -0.2) is 4.39 Å². The number of aromatic nitrogens is 1. The van der Waals surface area contributed by atoms with Crippen molar-refractivity contribution in [1.82, 2.24) is 4.57 Å². The maximum absolute atomic E-state index is 13.8. The fraction of sp³-hybridized carbons (Fsp3) is 0.0667. The molecule has 0 atom stereocenters. The molecule has 3 rings (SSSR count). The Morgan fingerprint density at radius 1 is 1.00 bits per heavy atom. The molecule has 0 saturated heterocycles. The van der Waals surface area contributed by atoms with Crippen LogP contribution in [-0.4, -0.2) is 4.57 Å². The van der Waals surface area contributed by atoms with Crippen molar-refractivity contribution in [2.24, 2.45) is 0 Å². The van der Waals surface area contributed by atoms with Crippen LogP contribution in [0.25, 0.3) is 10.9 Å². The van der Waals surface area contributed by atoms with E-state index in [9.17, 15) is 4.39 Å². The molecule has 0 bridgehead atoms. The Kier molecular flexibility index (Phi) is 2.80. The van der Waals surface area contributed by atoms with Crippen molar-refractivity contribution in [3.63, 3.8) is 0 Å². The zero-order valence-electron chi connectivity index (χ0n) is 9.61. The summed E-state index contributed by atoms with van der Waals surface area (Å²) in [5.74, 6) is -0.188. The van der Waals surface area contributed by atoms with Crippen molar-refractivity contribution < 1.29 is 4.39 Å². The van der Waals surface area contributed by atoms with Gasteiger partial charge in [-0.1, -0.05) is 35.9 Å². The van der Waals surface area contributed by atoms with Gasteiger partial charge in [-0.3, -0.25) is 0 Å². The molecule has 0 fully saturated rings. The van der Waals surface area contributed by atoms with E-state index in [4.69, 9.17) is 11.6 Å². The van der Waals surface area contributed by atoms with Gasteiger partial charge < -0.3 is 4.57 Å². The number of benzene rings is 2. The summed E-state index contributed by atoms with van der Waals surface area (Å²) in [6, 6.07) is 14.7. The lowest BCUT2D eigenvalue weighted by atomic mass is 10.2. The summed E-state index contributed by atoms with van der Waals surface area (Å²) >= 11 is 5.85. The highest BCUT2D eigenvalue weighted by Crippen LogP contribution is 2.20. The lowest BCUT2D eigenvalue weighted by Crippen LogP contribution is -1.98. The van der Waals surface area contributed by atoms with Crippen LogP contribution < -0.4 is 0 Å². The van der Waals surface area contributed by atoms with Crippen molar-refractivity contribution in [3.8, 4) is 0 Å². The molecule has 90 valence electrons. The van der Waals surface area contributed by atoms with Crippen molar-refractivity contribution >= 4 is 22.5 Å². The van der Waals surface area contributed by atoms with Gasteiger partial charge in [0.1, 0.15) is 5.82 Å². The van der Waals surface area contributed by atoms with Crippen LogP contribution in [0.15, 0.2) is 54.7 Å². The predicted molar refractivity (Wildman–Crippen MR) is 72.5 cm³/mol. The highest BCUT2D eigenvalue weighted by atomic mass is 35.5. The Bertz CT molecular complexity index is 685. The first kappa shape index (κ1) is 11.3. The molecule has 0 unspecified atom stereocenters. The van der Waals surface area contributed by atoms with Gasteiger partial charge in [0, 0.05) is 23.2 Å². The maximum atomic E-state index is 13.8. The molecule has 0 N–H and O–H groups in total. The summed E-state index contributed by atoms with van der Waals surface area (Å²) in [5.41, 5.74) is 1.74. The SMILES string of the molecule is Fc1cccc2ccn(Cc3ccc(Cl)cc3)c12. The number of hydrogen-bond acceptors (Lipinski definition) is 0. The summed E-state index contributed by atoms with van der Waals surface area (Å²) in [7, 11) is 0. The Morgan fingerprint density at radius 2 is 1.78 bits per heavy atom. The molecule has 2 aromatic carbocycles. The summed E-state index contributed by atoms with van der Waals surface area (Å²) in [5, 5.41) is 1.63. The van der Waals surface area contributed by atoms with Gasteiger partial charge in [0.15, 0.2) is 0 Å². The van der Waals surface area contributed by atoms with Crippen LogP contribution in [0.5, 0.6) is 0 Å². The van der Waals surface area contributed by atoms with Gasteiger partial charge in [0.2, 0.25) is 0 Å². The van der Waals surface area contributed by atoms with Crippen LogP contribution >= 0.6 is 11.6 Å². The molecular weight excluding hydrogens is 249 g/mol. The second kappa shape index (κ2) is 4.46. The highest BCUT2D eigenvalue weighted by Gasteiger charge is 2.06. The lowest BCUT2D eigenvalue weighted by molar-refractivity contribution is 0.628. The molecule has 3 heteroatoms. The molecule has 0 aliphatic carbocycles. The summed E-state index contributed by atoms with van der Waals surface area (Å²) in [6.45, 7) is 0.640. The Labute approximate surface area is 109 Å². The van der Waals surface area contributed by atoms with Crippen LogP contribution in [-0.2, 0) is 6.54 Å². The third-order valence-electron chi connectivity index (χ3n) is 3.01. The number of halogens is 2. The number of para-hydroxylation sites is 1.